The maximum atomic E-state index is 14.1. The summed E-state index contributed by atoms with van der Waals surface area (Å²) in [7, 11) is 0. The van der Waals surface area contributed by atoms with Crippen LogP contribution in [-0.2, 0) is 0 Å². The van der Waals surface area contributed by atoms with Crippen LogP contribution in [0.25, 0.3) is 11.2 Å². The fourth-order valence-electron chi connectivity index (χ4n) is 2.63. The van der Waals surface area contributed by atoms with Gasteiger partial charge in [0.2, 0.25) is 0 Å². The minimum Gasteiger partial charge on any atom is -0.396 e. The molecule has 8 heteroatoms. The van der Waals surface area contributed by atoms with Crippen molar-refractivity contribution in [1.29, 1.82) is 0 Å². The number of alkyl halides is 1. The number of nitrogens with zero attached hydrogens (tertiary/aromatic N) is 4. The zero-order chi connectivity index (χ0) is 13.6. The Kier molecular flexibility index (Phi) is 2.83. The average Bonchev–Trinajstić information content (AvgIpc) is 2.94. The zero-order valence-electron chi connectivity index (χ0n) is 10.0. The Balaban J connectivity index is 2.04. The summed E-state index contributed by atoms with van der Waals surface area (Å²) in [5.74, 6) is -0.243. The van der Waals surface area contributed by atoms with E-state index in [2.05, 4.69) is 15.0 Å². The van der Waals surface area contributed by atoms with E-state index in [0.717, 1.165) is 0 Å². The van der Waals surface area contributed by atoms with Crippen LogP contribution in [0.2, 0.25) is 0 Å². The van der Waals surface area contributed by atoms with Crippen LogP contribution in [-0.4, -0.2) is 48.6 Å². The molecule has 0 bridgehead atoms. The van der Waals surface area contributed by atoms with E-state index in [9.17, 15) is 9.50 Å². The van der Waals surface area contributed by atoms with E-state index in [-0.39, 0.29) is 12.4 Å². The Bertz CT molecular complexity index is 604. The van der Waals surface area contributed by atoms with Crippen LogP contribution in [0.4, 0.5) is 10.2 Å². The average molecular weight is 267 g/mol. The van der Waals surface area contributed by atoms with Crippen molar-refractivity contribution in [2.24, 2.45) is 5.92 Å². The standard InChI is InChI=1S/C11H14FN5O2/c12-7-6(1-5(2-18)9(7)19)17-4-16-8-10(13)14-3-15-11(8)17/h3-7,9,18-19H,1-2H2,(H2,13,14,15)/t5-,6+,7+,9-/m0/s1. The first-order valence-corrected chi connectivity index (χ1v) is 5.99. The second-order valence-electron chi connectivity index (χ2n) is 4.76. The molecule has 7 nitrogen and oxygen atoms in total. The Morgan fingerprint density at radius 2 is 2.21 bits per heavy atom. The highest BCUT2D eigenvalue weighted by Crippen LogP contribution is 2.38. The molecule has 2 aromatic rings. The molecule has 0 amide bonds. The second kappa shape index (κ2) is 4.39. The van der Waals surface area contributed by atoms with Gasteiger partial charge >= 0.3 is 0 Å². The number of fused-ring (bicyclic) bond motifs is 1. The van der Waals surface area contributed by atoms with E-state index in [4.69, 9.17) is 10.8 Å². The molecule has 0 saturated heterocycles. The van der Waals surface area contributed by atoms with E-state index in [1.54, 1.807) is 4.57 Å². The molecule has 0 spiro atoms. The number of halogens is 1. The normalized spacial score (nSPS) is 31.1. The topological polar surface area (TPSA) is 110 Å². The molecule has 0 aliphatic heterocycles. The molecule has 0 unspecified atom stereocenters. The lowest BCUT2D eigenvalue weighted by Crippen LogP contribution is -2.26. The Morgan fingerprint density at radius 3 is 2.89 bits per heavy atom. The van der Waals surface area contributed by atoms with E-state index in [0.29, 0.717) is 17.6 Å². The highest BCUT2D eigenvalue weighted by molar-refractivity contribution is 5.81. The van der Waals surface area contributed by atoms with Gasteiger partial charge < -0.3 is 20.5 Å². The third-order valence-corrected chi connectivity index (χ3v) is 3.70. The van der Waals surface area contributed by atoms with Gasteiger partial charge in [-0.1, -0.05) is 0 Å². The number of anilines is 1. The number of hydrogen-bond acceptors (Lipinski definition) is 6. The van der Waals surface area contributed by atoms with Crippen LogP contribution in [0.5, 0.6) is 0 Å². The molecule has 0 radical (unpaired) electrons. The number of aromatic nitrogens is 4. The highest BCUT2D eigenvalue weighted by Gasteiger charge is 2.44. The SMILES string of the molecule is Nc1ncnc2c1ncn2[C@@H]1C[C@@H](CO)[C@H](O)[C@@H]1F. The van der Waals surface area contributed by atoms with Crippen molar-refractivity contribution in [2.75, 3.05) is 12.3 Å². The second-order valence-corrected chi connectivity index (χ2v) is 4.76. The lowest BCUT2D eigenvalue weighted by atomic mass is 10.1. The van der Waals surface area contributed by atoms with Gasteiger partial charge in [0.1, 0.15) is 18.0 Å². The summed E-state index contributed by atoms with van der Waals surface area (Å²) in [6, 6.07) is -0.605. The smallest absolute Gasteiger partial charge is 0.165 e. The maximum absolute atomic E-state index is 14.1. The number of imidazole rings is 1. The zero-order valence-corrected chi connectivity index (χ0v) is 10.0. The monoisotopic (exact) mass is 267 g/mol. The summed E-state index contributed by atoms with van der Waals surface area (Å²) in [6.45, 7) is -0.248. The van der Waals surface area contributed by atoms with Crippen molar-refractivity contribution < 1.29 is 14.6 Å². The number of rotatable bonds is 2. The van der Waals surface area contributed by atoms with Crippen LogP contribution < -0.4 is 5.73 Å². The summed E-state index contributed by atoms with van der Waals surface area (Å²) < 4.78 is 15.7. The molecule has 2 heterocycles. The van der Waals surface area contributed by atoms with Gasteiger partial charge in [-0.15, -0.1) is 0 Å². The summed E-state index contributed by atoms with van der Waals surface area (Å²) >= 11 is 0. The van der Waals surface area contributed by atoms with Gasteiger partial charge in [-0.3, -0.25) is 0 Å². The van der Waals surface area contributed by atoms with Crippen molar-refractivity contribution in [1.82, 2.24) is 19.5 Å². The van der Waals surface area contributed by atoms with Gasteiger partial charge in [0.05, 0.1) is 18.5 Å². The predicted octanol–water partition coefficient (Wildman–Crippen LogP) is -0.339. The third kappa shape index (κ3) is 1.75. The van der Waals surface area contributed by atoms with Crippen LogP contribution >= 0.6 is 0 Å². The molecular formula is C11H14FN5O2. The molecule has 19 heavy (non-hydrogen) atoms. The van der Waals surface area contributed by atoms with Crippen molar-refractivity contribution in [3.63, 3.8) is 0 Å². The van der Waals surface area contributed by atoms with E-state index >= 15 is 0 Å². The van der Waals surface area contributed by atoms with Gasteiger partial charge in [0.15, 0.2) is 11.5 Å². The Morgan fingerprint density at radius 1 is 1.42 bits per heavy atom. The van der Waals surface area contributed by atoms with Gasteiger partial charge in [-0.05, 0) is 6.42 Å². The predicted molar refractivity (Wildman–Crippen MR) is 64.9 cm³/mol. The number of nitrogen functional groups attached to an aromatic ring is 1. The van der Waals surface area contributed by atoms with Crippen LogP contribution in [0.1, 0.15) is 12.5 Å². The molecule has 4 atom stereocenters. The first-order chi connectivity index (χ1) is 9.13. The molecule has 102 valence electrons. The van der Waals surface area contributed by atoms with Crippen LogP contribution in [0.3, 0.4) is 0 Å². The summed E-state index contributed by atoms with van der Waals surface area (Å²) in [5, 5.41) is 18.9. The van der Waals surface area contributed by atoms with Gasteiger partial charge in [0.25, 0.3) is 0 Å². The van der Waals surface area contributed by atoms with Gasteiger partial charge in [-0.25, -0.2) is 19.3 Å². The fourth-order valence-corrected chi connectivity index (χ4v) is 2.63. The molecule has 0 aromatic carbocycles. The fraction of sp³-hybridized carbons (Fsp3) is 0.545. The van der Waals surface area contributed by atoms with Crippen LogP contribution in [0, 0.1) is 5.92 Å². The number of nitrogens with two attached hydrogens (primary N) is 1. The van der Waals surface area contributed by atoms with Gasteiger partial charge in [0, 0.05) is 12.5 Å². The Hall–Kier alpha value is -1.80. The van der Waals surface area contributed by atoms with E-state index in [1.807, 2.05) is 0 Å². The quantitative estimate of drug-likeness (QED) is 0.686. The van der Waals surface area contributed by atoms with Crippen molar-refractivity contribution in [2.45, 2.75) is 24.7 Å². The molecule has 1 saturated carbocycles. The summed E-state index contributed by atoms with van der Waals surface area (Å²) in [5.41, 5.74) is 6.52. The molecule has 1 fully saturated rings. The minimum absolute atomic E-state index is 0.233. The number of hydrogen-bond donors (Lipinski definition) is 3. The molecule has 3 rings (SSSR count). The third-order valence-electron chi connectivity index (χ3n) is 3.70. The van der Waals surface area contributed by atoms with Crippen molar-refractivity contribution in [3.8, 4) is 0 Å². The van der Waals surface area contributed by atoms with Crippen molar-refractivity contribution in [3.05, 3.63) is 12.7 Å². The number of aliphatic hydroxyl groups is 2. The first kappa shape index (κ1) is 12.2. The van der Waals surface area contributed by atoms with Crippen molar-refractivity contribution >= 4 is 17.0 Å². The minimum atomic E-state index is -1.47. The Labute approximate surface area is 107 Å². The molecule has 4 N–H and O–H groups in total. The summed E-state index contributed by atoms with van der Waals surface area (Å²) in [4.78, 5) is 12.0. The van der Waals surface area contributed by atoms with E-state index < -0.39 is 24.2 Å². The lowest BCUT2D eigenvalue weighted by molar-refractivity contribution is 0.0400. The summed E-state index contributed by atoms with van der Waals surface area (Å²) in [6.07, 6.45) is 0.420. The largest absolute Gasteiger partial charge is 0.396 e. The molecule has 1 aliphatic carbocycles. The maximum Gasteiger partial charge on any atom is 0.165 e. The molecule has 1 aliphatic rings. The van der Waals surface area contributed by atoms with Gasteiger partial charge in [-0.2, -0.15) is 0 Å². The van der Waals surface area contributed by atoms with E-state index in [1.165, 1.54) is 12.7 Å². The lowest BCUT2D eigenvalue weighted by Gasteiger charge is -2.16. The highest BCUT2D eigenvalue weighted by atomic mass is 19.1. The first-order valence-electron chi connectivity index (χ1n) is 5.99. The molecule has 2 aromatic heterocycles. The number of aliphatic hydroxyl groups excluding tert-OH is 2. The van der Waals surface area contributed by atoms with Crippen LogP contribution in [0.15, 0.2) is 12.7 Å². The molecular weight excluding hydrogens is 253 g/mol.